The monoisotopic (exact) mass is 316 g/mol. The third-order valence-electron chi connectivity index (χ3n) is 3.14. The van der Waals surface area contributed by atoms with Crippen molar-refractivity contribution in [1.29, 1.82) is 0 Å². The smallest absolute Gasteiger partial charge is 0.294 e. The number of nitrogens with one attached hydrogen (secondary N) is 1. The van der Waals surface area contributed by atoms with Crippen LogP contribution in [0.15, 0.2) is 23.1 Å². The maximum absolute atomic E-state index is 12.5. The molecule has 9 nitrogen and oxygen atoms in total. The second-order valence-corrected chi connectivity index (χ2v) is 6.39. The number of hydrogen-bond donors (Lipinski definition) is 2. The van der Waals surface area contributed by atoms with Gasteiger partial charge in [0.25, 0.3) is 5.69 Å². The molecule has 0 amide bonds. The molecule has 0 atom stereocenters. The van der Waals surface area contributed by atoms with Crippen molar-refractivity contribution in [2.24, 2.45) is 5.84 Å². The van der Waals surface area contributed by atoms with Gasteiger partial charge >= 0.3 is 0 Å². The lowest BCUT2D eigenvalue weighted by molar-refractivity contribution is -0.384. The average Bonchev–Trinajstić information content (AvgIpc) is 2.76. The zero-order valence-electron chi connectivity index (χ0n) is 11.2. The van der Waals surface area contributed by atoms with E-state index in [1.807, 2.05) is 0 Å². The van der Waals surface area contributed by atoms with Crippen LogP contribution in [-0.4, -0.2) is 43.9 Å². The molecular formula is C11H16N4O5S. The lowest BCUT2D eigenvalue weighted by Crippen LogP contribution is -2.33. The van der Waals surface area contributed by atoms with Gasteiger partial charge in [0.2, 0.25) is 10.0 Å². The molecule has 1 aromatic rings. The molecule has 1 aliphatic heterocycles. The van der Waals surface area contributed by atoms with Gasteiger partial charge < -0.3 is 10.2 Å². The summed E-state index contributed by atoms with van der Waals surface area (Å²) >= 11 is 0. The zero-order valence-corrected chi connectivity index (χ0v) is 12.0. The van der Waals surface area contributed by atoms with Crippen molar-refractivity contribution in [1.82, 2.24) is 4.31 Å². The zero-order chi connectivity index (χ0) is 15.5. The van der Waals surface area contributed by atoms with E-state index in [1.165, 1.54) is 16.4 Å². The van der Waals surface area contributed by atoms with Crippen LogP contribution in [0.25, 0.3) is 0 Å². The summed E-state index contributed by atoms with van der Waals surface area (Å²) in [6.45, 7) is 1.37. The van der Waals surface area contributed by atoms with Gasteiger partial charge in [-0.3, -0.25) is 16.0 Å². The van der Waals surface area contributed by atoms with Gasteiger partial charge in [-0.05, 0) is 18.6 Å². The van der Waals surface area contributed by atoms with Crippen molar-refractivity contribution in [3.05, 3.63) is 28.3 Å². The molecule has 0 aromatic heterocycles. The van der Waals surface area contributed by atoms with Crippen LogP contribution in [0, 0.1) is 10.1 Å². The molecule has 0 aliphatic carbocycles. The number of hydrogen-bond acceptors (Lipinski definition) is 7. The van der Waals surface area contributed by atoms with Gasteiger partial charge in [-0.1, -0.05) is 0 Å². The SMILES string of the molecule is NNc1ccc(S(=O)(=O)N2CCCOCC2)cc1[N+](=O)[O-]. The van der Waals surface area contributed by atoms with Gasteiger partial charge in [0, 0.05) is 25.8 Å². The van der Waals surface area contributed by atoms with Gasteiger partial charge in [-0.25, -0.2) is 8.42 Å². The highest BCUT2D eigenvalue weighted by molar-refractivity contribution is 7.89. The number of ether oxygens (including phenoxy) is 1. The first-order chi connectivity index (χ1) is 9.96. The first kappa shape index (κ1) is 15.6. The molecule has 2 rings (SSSR count). The van der Waals surface area contributed by atoms with E-state index >= 15 is 0 Å². The minimum atomic E-state index is -3.79. The Bertz CT molecular complexity index is 626. The topological polar surface area (TPSA) is 128 Å². The van der Waals surface area contributed by atoms with Crippen LogP contribution in [0.1, 0.15) is 6.42 Å². The van der Waals surface area contributed by atoms with Crippen molar-refractivity contribution in [2.75, 3.05) is 31.7 Å². The summed E-state index contributed by atoms with van der Waals surface area (Å²) in [7, 11) is -3.79. The minimum Gasteiger partial charge on any atom is -0.380 e. The molecule has 3 N–H and O–H groups in total. The van der Waals surface area contributed by atoms with Crippen LogP contribution in [0.3, 0.4) is 0 Å². The predicted molar refractivity (Wildman–Crippen MR) is 75.1 cm³/mol. The number of nitro benzene ring substituents is 1. The Morgan fingerprint density at radius 1 is 1.33 bits per heavy atom. The first-order valence-corrected chi connectivity index (χ1v) is 7.74. The highest BCUT2D eigenvalue weighted by Gasteiger charge is 2.28. The maximum atomic E-state index is 12.5. The summed E-state index contributed by atoms with van der Waals surface area (Å²) in [5.41, 5.74) is 1.84. The van der Waals surface area contributed by atoms with E-state index in [2.05, 4.69) is 5.43 Å². The van der Waals surface area contributed by atoms with Gasteiger partial charge in [-0.2, -0.15) is 4.31 Å². The number of rotatable bonds is 4. The Morgan fingerprint density at radius 2 is 2.10 bits per heavy atom. The average molecular weight is 316 g/mol. The number of nitrogens with zero attached hydrogens (tertiary/aromatic N) is 2. The summed E-state index contributed by atoms with van der Waals surface area (Å²) in [5, 5.41) is 11.0. The van der Waals surface area contributed by atoms with Crippen molar-refractivity contribution in [2.45, 2.75) is 11.3 Å². The fraction of sp³-hybridized carbons (Fsp3) is 0.455. The van der Waals surface area contributed by atoms with E-state index in [0.717, 1.165) is 6.07 Å². The van der Waals surface area contributed by atoms with E-state index in [-0.39, 0.29) is 22.8 Å². The lowest BCUT2D eigenvalue weighted by atomic mass is 10.3. The number of hydrazine groups is 1. The summed E-state index contributed by atoms with van der Waals surface area (Å²) in [5.74, 6) is 5.18. The normalized spacial score (nSPS) is 17.2. The Kier molecular flexibility index (Phi) is 4.73. The molecule has 0 saturated carbocycles. The fourth-order valence-corrected chi connectivity index (χ4v) is 3.54. The van der Waals surface area contributed by atoms with Crippen LogP contribution in [0.5, 0.6) is 0 Å². The molecule has 1 heterocycles. The van der Waals surface area contributed by atoms with Crippen LogP contribution in [0.2, 0.25) is 0 Å². The van der Waals surface area contributed by atoms with Gasteiger partial charge in [0.1, 0.15) is 5.69 Å². The molecule has 0 unspecified atom stereocenters. The Hall–Kier alpha value is -1.75. The number of sulfonamides is 1. The second kappa shape index (κ2) is 6.35. The first-order valence-electron chi connectivity index (χ1n) is 6.30. The van der Waals surface area contributed by atoms with E-state index in [1.54, 1.807) is 0 Å². The van der Waals surface area contributed by atoms with E-state index in [4.69, 9.17) is 10.6 Å². The number of nitrogens with two attached hydrogens (primary N) is 1. The highest BCUT2D eigenvalue weighted by atomic mass is 32.2. The van der Waals surface area contributed by atoms with Gasteiger partial charge in [-0.15, -0.1) is 0 Å². The van der Waals surface area contributed by atoms with Crippen molar-refractivity contribution in [3.8, 4) is 0 Å². The lowest BCUT2D eigenvalue weighted by Gasteiger charge is -2.19. The standard InChI is InChI=1S/C11H16N4O5S/c12-13-10-3-2-9(8-11(10)15(16)17)21(18,19)14-4-1-6-20-7-5-14/h2-3,8,13H,1,4-7,12H2. The summed E-state index contributed by atoms with van der Waals surface area (Å²) in [4.78, 5) is 10.2. The molecule has 1 aliphatic rings. The molecule has 21 heavy (non-hydrogen) atoms. The largest absolute Gasteiger partial charge is 0.380 e. The number of anilines is 1. The number of nitro groups is 1. The summed E-state index contributed by atoms with van der Waals surface area (Å²) in [6.07, 6.45) is 0.587. The van der Waals surface area contributed by atoms with Gasteiger partial charge in [0.05, 0.1) is 16.4 Å². The van der Waals surface area contributed by atoms with E-state index in [9.17, 15) is 18.5 Å². The minimum absolute atomic E-state index is 0.0538. The number of nitrogen functional groups attached to an aromatic ring is 1. The summed E-state index contributed by atoms with van der Waals surface area (Å²) < 4.78 is 31.5. The van der Waals surface area contributed by atoms with Crippen molar-refractivity contribution < 1.29 is 18.1 Å². The Labute approximate surface area is 121 Å². The molecule has 1 saturated heterocycles. The van der Waals surface area contributed by atoms with Crippen molar-refractivity contribution >= 4 is 21.4 Å². The quantitative estimate of drug-likeness (QED) is 0.464. The van der Waals surface area contributed by atoms with Crippen LogP contribution >= 0.6 is 0 Å². The maximum Gasteiger partial charge on any atom is 0.294 e. The third kappa shape index (κ3) is 3.29. The van der Waals surface area contributed by atoms with E-state index in [0.29, 0.717) is 26.2 Å². The predicted octanol–water partition coefficient (Wildman–Crippen LogP) is 0.291. The molecule has 0 radical (unpaired) electrons. The van der Waals surface area contributed by atoms with Crippen LogP contribution in [-0.2, 0) is 14.8 Å². The molecule has 116 valence electrons. The molecule has 0 spiro atoms. The third-order valence-corrected chi connectivity index (χ3v) is 5.04. The number of benzene rings is 1. The summed E-state index contributed by atoms with van der Waals surface area (Å²) in [6, 6.07) is 3.58. The molecule has 10 heteroatoms. The second-order valence-electron chi connectivity index (χ2n) is 4.45. The Balaban J connectivity index is 2.39. The highest BCUT2D eigenvalue weighted by Crippen LogP contribution is 2.28. The Morgan fingerprint density at radius 3 is 2.76 bits per heavy atom. The molecular weight excluding hydrogens is 300 g/mol. The molecule has 0 bridgehead atoms. The fourth-order valence-electron chi connectivity index (χ4n) is 2.06. The van der Waals surface area contributed by atoms with E-state index < -0.39 is 14.9 Å². The molecule has 1 fully saturated rings. The van der Waals surface area contributed by atoms with Gasteiger partial charge in [0.15, 0.2) is 0 Å². The van der Waals surface area contributed by atoms with Crippen molar-refractivity contribution in [3.63, 3.8) is 0 Å². The molecule has 1 aromatic carbocycles. The van der Waals surface area contributed by atoms with Crippen LogP contribution < -0.4 is 11.3 Å². The van der Waals surface area contributed by atoms with Crippen LogP contribution in [0.4, 0.5) is 11.4 Å².